The van der Waals surface area contributed by atoms with Gasteiger partial charge in [0.2, 0.25) is 5.89 Å². The Hall–Kier alpha value is -5.19. The quantitative estimate of drug-likeness (QED) is 0.301. The fourth-order valence-electron chi connectivity index (χ4n) is 4.67. The first kappa shape index (κ1) is 25.1. The molecule has 0 radical (unpaired) electrons. The van der Waals surface area contributed by atoms with E-state index >= 15 is 0 Å². The zero-order valence-electron chi connectivity index (χ0n) is 21.6. The second-order valence-electron chi connectivity index (χ2n) is 9.35. The Morgan fingerprint density at radius 2 is 1.80 bits per heavy atom. The van der Waals surface area contributed by atoms with E-state index in [2.05, 4.69) is 20.6 Å². The Morgan fingerprint density at radius 3 is 2.52 bits per heavy atom. The normalized spacial score (nSPS) is 13.4. The van der Waals surface area contributed by atoms with Crippen LogP contribution >= 0.6 is 0 Å². The molecule has 5 aromatic rings. The number of para-hydroxylation sites is 1. The largest absolute Gasteiger partial charge is 0.451 e. The summed E-state index contributed by atoms with van der Waals surface area (Å²) in [4.78, 5) is 37.9. The van der Waals surface area contributed by atoms with E-state index in [9.17, 15) is 14.0 Å². The van der Waals surface area contributed by atoms with Gasteiger partial charge in [-0.05, 0) is 49.4 Å². The van der Waals surface area contributed by atoms with E-state index in [1.165, 1.54) is 18.4 Å². The van der Waals surface area contributed by atoms with Crippen LogP contribution in [0.15, 0.2) is 82.1 Å². The molecule has 4 heterocycles. The predicted octanol–water partition coefficient (Wildman–Crippen LogP) is 5.54. The molecule has 1 saturated heterocycles. The summed E-state index contributed by atoms with van der Waals surface area (Å²) >= 11 is 0. The molecule has 0 spiro atoms. The van der Waals surface area contributed by atoms with Gasteiger partial charge in [0.25, 0.3) is 5.91 Å². The molecule has 11 heteroatoms. The van der Waals surface area contributed by atoms with Crippen LogP contribution in [0.4, 0.5) is 26.4 Å². The highest BCUT2D eigenvalue weighted by molar-refractivity contribution is 6.06. The number of amides is 3. The van der Waals surface area contributed by atoms with Gasteiger partial charge in [0.05, 0.1) is 23.8 Å². The average Bonchev–Trinajstić information content (AvgIpc) is 3.63. The van der Waals surface area contributed by atoms with Crippen molar-refractivity contribution in [2.24, 2.45) is 0 Å². The van der Waals surface area contributed by atoms with Crippen LogP contribution in [0.1, 0.15) is 16.1 Å². The number of urea groups is 1. The summed E-state index contributed by atoms with van der Waals surface area (Å²) in [7, 11) is 0. The molecule has 0 saturated carbocycles. The third-order valence-corrected chi connectivity index (χ3v) is 6.83. The lowest BCUT2D eigenvalue weighted by Crippen LogP contribution is -2.50. The zero-order chi connectivity index (χ0) is 27.6. The van der Waals surface area contributed by atoms with Gasteiger partial charge >= 0.3 is 6.03 Å². The molecule has 6 rings (SSSR count). The molecule has 3 aromatic heterocycles. The number of piperazine rings is 1. The smallest absolute Gasteiger partial charge is 0.322 e. The molecule has 2 N–H and O–H groups in total. The maximum atomic E-state index is 13.9. The topological polar surface area (TPSA) is 117 Å². The van der Waals surface area contributed by atoms with Crippen LogP contribution in [-0.4, -0.2) is 53.0 Å². The van der Waals surface area contributed by atoms with Crippen LogP contribution < -0.4 is 15.5 Å². The summed E-state index contributed by atoms with van der Waals surface area (Å²) in [5.41, 5.74) is 2.77. The number of furan rings is 1. The van der Waals surface area contributed by atoms with Crippen molar-refractivity contribution in [3.63, 3.8) is 0 Å². The molecule has 0 atom stereocenters. The monoisotopic (exact) mass is 540 g/mol. The van der Waals surface area contributed by atoms with Gasteiger partial charge < -0.3 is 29.3 Å². The number of carbonyl (C=O) groups excluding carboxylic acids is 2. The van der Waals surface area contributed by atoms with Gasteiger partial charge in [0, 0.05) is 42.7 Å². The third-order valence-electron chi connectivity index (χ3n) is 6.83. The summed E-state index contributed by atoms with van der Waals surface area (Å²) < 4.78 is 25.1. The number of nitrogens with zero attached hydrogens (tertiary/aromatic N) is 4. The maximum absolute atomic E-state index is 13.9. The number of nitrogens with one attached hydrogen (secondary N) is 2. The lowest BCUT2D eigenvalue weighted by Gasteiger charge is -2.35. The minimum Gasteiger partial charge on any atom is -0.451 e. The third kappa shape index (κ3) is 4.96. The highest BCUT2D eigenvalue weighted by Crippen LogP contribution is 2.30. The van der Waals surface area contributed by atoms with Crippen molar-refractivity contribution in [3.8, 4) is 11.5 Å². The molecule has 1 aliphatic heterocycles. The molecule has 0 bridgehead atoms. The zero-order valence-corrected chi connectivity index (χ0v) is 21.6. The number of halogens is 1. The molecule has 1 aliphatic rings. The Kier molecular flexibility index (Phi) is 6.61. The van der Waals surface area contributed by atoms with Crippen LogP contribution in [0.5, 0.6) is 0 Å². The van der Waals surface area contributed by atoms with E-state index in [4.69, 9.17) is 8.83 Å². The Labute approximate surface area is 228 Å². The molecule has 0 aliphatic carbocycles. The second kappa shape index (κ2) is 10.5. The Balaban J connectivity index is 1.07. The number of benzene rings is 2. The summed E-state index contributed by atoms with van der Waals surface area (Å²) in [5, 5.41) is 6.27. The fourth-order valence-corrected chi connectivity index (χ4v) is 4.67. The highest BCUT2D eigenvalue weighted by atomic mass is 19.1. The predicted molar refractivity (Wildman–Crippen MR) is 148 cm³/mol. The molecular weight excluding hydrogens is 515 g/mol. The minimum absolute atomic E-state index is 0.156. The van der Waals surface area contributed by atoms with E-state index in [0.29, 0.717) is 48.9 Å². The van der Waals surface area contributed by atoms with Crippen molar-refractivity contribution in [3.05, 3.63) is 90.4 Å². The second-order valence-corrected chi connectivity index (χ2v) is 9.35. The number of oxazole rings is 1. The Bertz CT molecular complexity index is 1680. The van der Waals surface area contributed by atoms with E-state index in [0.717, 1.165) is 16.8 Å². The highest BCUT2D eigenvalue weighted by Gasteiger charge is 2.23. The van der Waals surface area contributed by atoms with Crippen molar-refractivity contribution in [1.82, 2.24) is 14.9 Å². The molecule has 10 nitrogen and oxygen atoms in total. The number of pyridine rings is 1. The first-order valence-electron chi connectivity index (χ1n) is 12.7. The molecule has 202 valence electrons. The van der Waals surface area contributed by atoms with Crippen LogP contribution in [0.2, 0.25) is 0 Å². The number of anilines is 3. The van der Waals surface area contributed by atoms with Gasteiger partial charge in [-0.15, -0.1) is 0 Å². The van der Waals surface area contributed by atoms with Crippen molar-refractivity contribution >= 4 is 40.1 Å². The number of aromatic nitrogens is 2. The minimum atomic E-state index is -0.474. The van der Waals surface area contributed by atoms with E-state index in [1.807, 2.05) is 30.0 Å². The van der Waals surface area contributed by atoms with E-state index < -0.39 is 5.82 Å². The van der Waals surface area contributed by atoms with E-state index in [1.54, 1.807) is 41.6 Å². The number of aryl methyl sites for hydroxylation is 1. The van der Waals surface area contributed by atoms with Crippen molar-refractivity contribution in [2.75, 3.05) is 41.7 Å². The van der Waals surface area contributed by atoms with Crippen LogP contribution in [-0.2, 0) is 0 Å². The number of rotatable bonds is 5. The summed E-state index contributed by atoms with van der Waals surface area (Å²) in [5.74, 6) is 0.583. The standard InChI is InChI=1S/C29H25FN6O4/c1-18-21-16-19(28-31-10-15-39-28)6-8-24(21)40-26(18)27(37)33-20-7-9-25(32-17-20)35-11-13-36(14-12-35)29(38)34-23-5-3-2-4-22(23)30/h2-10,15-17H,11-14H2,1H3,(H,33,37)(H,34,38). The molecule has 1 fully saturated rings. The van der Waals surface area contributed by atoms with Gasteiger partial charge in [-0.2, -0.15) is 0 Å². The first-order valence-corrected chi connectivity index (χ1v) is 12.7. The molecule has 0 unspecified atom stereocenters. The lowest BCUT2D eigenvalue weighted by atomic mass is 10.1. The van der Waals surface area contributed by atoms with Crippen molar-refractivity contribution < 1.29 is 22.8 Å². The Morgan fingerprint density at radius 1 is 0.975 bits per heavy atom. The number of carbonyl (C=O) groups is 2. The molecule has 2 aromatic carbocycles. The van der Waals surface area contributed by atoms with Crippen molar-refractivity contribution in [2.45, 2.75) is 6.92 Å². The van der Waals surface area contributed by atoms with Gasteiger partial charge in [-0.25, -0.2) is 19.2 Å². The van der Waals surface area contributed by atoms with Crippen molar-refractivity contribution in [1.29, 1.82) is 0 Å². The van der Waals surface area contributed by atoms with Crippen LogP contribution in [0.3, 0.4) is 0 Å². The summed E-state index contributed by atoms with van der Waals surface area (Å²) in [6.07, 6.45) is 4.67. The molecular formula is C29H25FN6O4. The molecule has 3 amide bonds. The van der Waals surface area contributed by atoms with Crippen LogP contribution in [0.25, 0.3) is 22.4 Å². The first-order chi connectivity index (χ1) is 19.5. The summed E-state index contributed by atoms with van der Waals surface area (Å²) in [6.45, 7) is 3.89. The summed E-state index contributed by atoms with van der Waals surface area (Å²) in [6, 6.07) is 14.8. The average molecular weight is 541 g/mol. The van der Waals surface area contributed by atoms with Gasteiger partial charge in [-0.3, -0.25) is 4.79 Å². The SMILES string of the molecule is Cc1c(C(=O)Nc2ccc(N3CCN(C(=O)Nc4ccccc4F)CC3)nc2)oc2ccc(-c3ncco3)cc12. The maximum Gasteiger partial charge on any atom is 0.322 e. The van der Waals surface area contributed by atoms with Gasteiger partial charge in [0.1, 0.15) is 23.5 Å². The fraction of sp³-hybridized carbons (Fsp3) is 0.172. The van der Waals surface area contributed by atoms with E-state index in [-0.39, 0.29) is 23.4 Å². The van der Waals surface area contributed by atoms with Crippen LogP contribution in [0, 0.1) is 12.7 Å². The van der Waals surface area contributed by atoms with Gasteiger partial charge in [0.15, 0.2) is 5.76 Å². The lowest BCUT2D eigenvalue weighted by molar-refractivity contribution is 0.0998. The number of hydrogen-bond acceptors (Lipinski definition) is 7. The number of fused-ring (bicyclic) bond motifs is 1. The number of hydrogen-bond donors (Lipinski definition) is 2. The van der Waals surface area contributed by atoms with Gasteiger partial charge in [-0.1, -0.05) is 12.1 Å². The molecule has 40 heavy (non-hydrogen) atoms.